The van der Waals surface area contributed by atoms with Gasteiger partial charge in [-0.15, -0.1) is 5.10 Å². The van der Waals surface area contributed by atoms with Crippen molar-refractivity contribution >= 4 is 11.3 Å². The third-order valence-electron chi connectivity index (χ3n) is 5.19. The Hall–Kier alpha value is -3.26. The molecule has 1 unspecified atom stereocenters. The van der Waals surface area contributed by atoms with Crippen molar-refractivity contribution in [3.05, 3.63) is 48.5 Å². The largest absolute Gasteiger partial charge is 0.377 e. The second-order valence-corrected chi connectivity index (χ2v) is 7.02. The third kappa shape index (κ3) is 2.73. The number of aryl methyl sites for hydroxylation is 1. The number of fused-ring (bicyclic) bond motifs is 1. The fourth-order valence-corrected chi connectivity index (χ4v) is 3.72. The van der Waals surface area contributed by atoms with Gasteiger partial charge in [0.15, 0.2) is 11.6 Å². The molecule has 142 valence electrons. The summed E-state index contributed by atoms with van der Waals surface area (Å²) in [6.45, 7) is 6.37. The smallest absolute Gasteiger partial charge is 0.179 e. The fraction of sp³-hybridized carbons (Fsp3) is 0.300. The summed E-state index contributed by atoms with van der Waals surface area (Å²) >= 11 is 0. The van der Waals surface area contributed by atoms with Crippen LogP contribution in [0.2, 0.25) is 0 Å². The van der Waals surface area contributed by atoms with Crippen LogP contribution in [0.3, 0.4) is 0 Å². The Morgan fingerprint density at radius 3 is 2.89 bits per heavy atom. The number of hydrogen-bond donors (Lipinski definition) is 1. The van der Waals surface area contributed by atoms with Gasteiger partial charge in [-0.2, -0.15) is 5.10 Å². The normalized spacial score (nSPS) is 17.4. The lowest BCUT2D eigenvalue weighted by atomic mass is 10.0. The molecular formula is C20H21N7O. The molecule has 5 heterocycles. The molecular weight excluding hydrogens is 354 g/mol. The number of hydrogen-bond acceptors (Lipinski definition) is 6. The molecule has 0 amide bonds. The summed E-state index contributed by atoms with van der Waals surface area (Å²) in [5, 5.41) is 12.0. The van der Waals surface area contributed by atoms with Crippen molar-refractivity contribution in [2.24, 2.45) is 0 Å². The Kier molecular flexibility index (Phi) is 4.05. The number of H-pyrrole nitrogens is 1. The molecule has 4 aromatic heterocycles. The van der Waals surface area contributed by atoms with Crippen molar-refractivity contribution in [2.75, 3.05) is 24.7 Å². The molecule has 0 saturated carbocycles. The summed E-state index contributed by atoms with van der Waals surface area (Å²) in [7, 11) is 0. The molecule has 1 aliphatic heterocycles. The lowest BCUT2D eigenvalue weighted by Crippen LogP contribution is -2.44. The van der Waals surface area contributed by atoms with Gasteiger partial charge in [0.25, 0.3) is 0 Å². The lowest BCUT2D eigenvalue weighted by molar-refractivity contribution is 0.0984. The van der Waals surface area contributed by atoms with Gasteiger partial charge in [0.1, 0.15) is 5.69 Å². The fourth-order valence-electron chi connectivity index (χ4n) is 3.72. The van der Waals surface area contributed by atoms with E-state index in [1.54, 1.807) is 6.20 Å². The summed E-state index contributed by atoms with van der Waals surface area (Å²) in [5.74, 6) is 1.64. The van der Waals surface area contributed by atoms with Gasteiger partial charge in [0, 0.05) is 35.8 Å². The molecule has 0 aromatic carbocycles. The predicted molar refractivity (Wildman–Crippen MR) is 106 cm³/mol. The van der Waals surface area contributed by atoms with E-state index >= 15 is 0 Å². The maximum Gasteiger partial charge on any atom is 0.179 e. The van der Waals surface area contributed by atoms with E-state index in [1.165, 1.54) is 0 Å². The highest BCUT2D eigenvalue weighted by Crippen LogP contribution is 2.32. The average molecular weight is 375 g/mol. The summed E-state index contributed by atoms with van der Waals surface area (Å²) in [6.07, 6.45) is 5.39. The van der Waals surface area contributed by atoms with Crippen LogP contribution >= 0.6 is 0 Å². The van der Waals surface area contributed by atoms with Crippen LogP contribution in [0.25, 0.3) is 28.2 Å². The first-order valence-corrected chi connectivity index (χ1v) is 9.37. The molecule has 4 aromatic rings. The van der Waals surface area contributed by atoms with E-state index in [-0.39, 0.29) is 6.04 Å². The van der Waals surface area contributed by atoms with Crippen LogP contribution < -0.4 is 4.90 Å². The number of morpholine rings is 1. The first-order chi connectivity index (χ1) is 13.7. The standard InChI is InChI=1S/C20H21N7O/c1-13-12-28-9-8-26(13)19-10-16(15-4-3-6-21-14(15)2)18-11-22-20(27(18)25-19)17-5-7-23-24-17/h3-7,10-11,13H,8-9,12H2,1-2H3,(H,23,24). The molecule has 5 rings (SSSR count). The number of aromatic amines is 1. The van der Waals surface area contributed by atoms with Crippen molar-refractivity contribution < 1.29 is 4.74 Å². The molecule has 8 nitrogen and oxygen atoms in total. The summed E-state index contributed by atoms with van der Waals surface area (Å²) in [4.78, 5) is 11.4. The monoisotopic (exact) mass is 375 g/mol. The molecule has 0 bridgehead atoms. The number of nitrogens with one attached hydrogen (secondary N) is 1. The van der Waals surface area contributed by atoms with Gasteiger partial charge >= 0.3 is 0 Å². The van der Waals surface area contributed by atoms with Crippen LogP contribution in [-0.2, 0) is 4.74 Å². The minimum absolute atomic E-state index is 0.251. The van der Waals surface area contributed by atoms with Crippen LogP contribution in [0.5, 0.6) is 0 Å². The molecule has 1 saturated heterocycles. The number of imidazole rings is 1. The van der Waals surface area contributed by atoms with Gasteiger partial charge in [-0.25, -0.2) is 9.50 Å². The Bertz CT molecular complexity index is 1120. The molecule has 0 spiro atoms. The highest BCUT2D eigenvalue weighted by atomic mass is 16.5. The maximum absolute atomic E-state index is 5.61. The van der Waals surface area contributed by atoms with Crippen LogP contribution in [0.1, 0.15) is 12.6 Å². The Morgan fingerprint density at radius 1 is 1.18 bits per heavy atom. The van der Waals surface area contributed by atoms with Crippen molar-refractivity contribution in [1.82, 2.24) is 29.8 Å². The van der Waals surface area contributed by atoms with E-state index in [4.69, 9.17) is 9.84 Å². The van der Waals surface area contributed by atoms with E-state index in [9.17, 15) is 0 Å². The molecule has 8 heteroatoms. The molecule has 1 fully saturated rings. The molecule has 0 aliphatic carbocycles. The van der Waals surface area contributed by atoms with Gasteiger partial charge in [0.2, 0.25) is 0 Å². The van der Waals surface area contributed by atoms with Gasteiger partial charge in [-0.3, -0.25) is 10.1 Å². The zero-order valence-corrected chi connectivity index (χ0v) is 15.8. The van der Waals surface area contributed by atoms with Crippen LogP contribution in [0.15, 0.2) is 42.9 Å². The Morgan fingerprint density at radius 2 is 2.11 bits per heavy atom. The van der Waals surface area contributed by atoms with E-state index in [0.29, 0.717) is 13.2 Å². The van der Waals surface area contributed by atoms with Crippen molar-refractivity contribution in [3.8, 4) is 22.6 Å². The molecule has 28 heavy (non-hydrogen) atoms. The maximum atomic E-state index is 5.61. The van der Waals surface area contributed by atoms with Crippen molar-refractivity contribution in [2.45, 2.75) is 19.9 Å². The Labute approximate surface area is 162 Å². The number of rotatable bonds is 3. The minimum atomic E-state index is 0.251. The highest BCUT2D eigenvalue weighted by molar-refractivity contribution is 5.84. The molecule has 0 radical (unpaired) electrons. The molecule has 1 aliphatic rings. The minimum Gasteiger partial charge on any atom is -0.377 e. The number of nitrogens with zero attached hydrogens (tertiary/aromatic N) is 6. The summed E-state index contributed by atoms with van der Waals surface area (Å²) < 4.78 is 7.51. The summed E-state index contributed by atoms with van der Waals surface area (Å²) in [5.41, 5.74) is 4.88. The van der Waals surface area contributed by atoms with E-state index in [2.05, 4.69) is 44.1 Å². The van der Waals surface area contributed by atoms with Gasteiger partial charge in [-0.05, 0) is 32.0 Å². The van der Waals surface area contributed by atoms with Gasteiger partial charge < -0.3 is 9.64 Å². The number of aromatic nitrogens is 6. The lowest BCUT2D eigenvalue weighted by Gasteiger charge is -2.34. The predicted octanol–water partition coefficient (Wildman–Crippen LogP) is 2.71. The molecule has 1 atom stereocenters. The first-order valence-electron chi connectivity index (χ1n) is 9.37. The van der Waals surface area contributed by atoms with Gasteiger partial charge in [0.05, 0.1) is 31.0 Å². The third-order valence-corrected chi connectivity index (χ3v) is 5.19. The van der Waals surface area contributed by atoms with Gasteiger partial charge in [-0.1, -0.05) is 6.07 Å². The SMILES string of the molecule is Cc1ncccc1-c1cc(N2CCOCC2C)nn2c(-c3ccn[nH]3)ncc12. The quantitative estimate of drug-likeness (QED) is 0.593. The first kappa shape index (κ1) is 16.9. The van der Waals surface area contributed by atoms with Crippen molar-refractivity contribution in [3.63, 3.8) is 0 Å². The second kappa shape index (κ2) is 6.72. The topological polar surface area (TPSA) is 84.2 Å². The summed E-state index contributed by atoms with van der Waals surface area (Å²) in [6, 6.07) is 8.34. The highest BCUT2D eigenvalue weighted by Gasteiger charge is 2.23. The number of anilines is 1. The van der Waals surface area contributed by atoms with Crippen molar-refractivity contribution in [1.29, 1.82) is 0 Å². The van der Waals surface area contributed by atoms with Crippen LogP contribution in [0.4, 0.5) is 5.82 Å². The average Bonchev–Trinajstić information content (AvgIpc) is 3.37. The zero-order chi connectivity index (χ0) is 19.1. The van der Waals surface area contributed by atoms with E-state index < -0.39 is 0 Å². The van der Waals surface area contributed by atoms with E-state index in [1.807, 2.05) is 36.0 Å². The number of ether oxygens (including phenoxy) is 1. The molecule has 1 N–H and O–H groups in total. The van der Waals surface area contributed by atoms with E-state index in [0.717, 1.165) is 46.2 Å². The number of pyridine rings is 1. The van der Waals surface area contributed by atoms with Crippen LogP contribution in [-0.4, -0.2) is 55.6 Å². The Balaban J connectivity index is 1.77. The van der Waals surface area contributed by atoms with Crippen LogP contribution in [0, 0.1) is 6.92 Å². The zero-order valence-electron chi connectivity index (χ0n) is 15.8. The second-order valence-electron chi connectivity index (χ2n) is 7.02.